The highest BCUT2D eigenvalue weighted by Crippen LogP contribution is 1.64. The van der Waals surface area contributed by atoms with Crippen LogP contribution < -0.4 is 0 Å². The zero-order valence-corrected chi connectivity index (χ0v) is 5.61. The lowest BCUT2D eigenvalue weighted by Crippen LogP contribution is -1.89. The fraction of sp³-hybridized carbons (Fsp3) is 0. The SMILES string of the molecule is O=S(=O)(O)O.c1cn[nH]c1. The Morgan fingerprint density at radius 3 is 2.00 bits per heavy atom. The molecule has 1 rings (SSSR count). The summed E-state index contributed by atoms with van der Waals surface area (Å²) in [6, 6.07) is 1.83. The van der Waals surface area contributed by atoms with Crippen molar-refractivity contribution in [2.45, 2.75) is 0 Å². The lowest BCUT2D eigenvalue weighted by atomic mass is 10.8. The predicted octanol–water partition coefficient (Wildman–Crippen LogP) is -0.243. The predicted molar refractivity (Wildman–Crippen MR) is 32.8 cm³/mol. The van der Waals surface area contributed by atoms with Gasteiger partial charge in [-0.05, 0) is 6.07 Å². The van der Waals surface area contributed by atoms with Crippen LogP contribution in [0.2, 0.25) is 0 Å². The van der Waals surface area contributed by atoms with Gasteiger partial charge in [-0.3, -0.25) is 14.2 Å². The van der Waals surface area contributed by atoms with Gasteiger partial charge < -0.3 is 0 Å². The van der Waals surface area contributed by atoms with Crippen LogP contribution in [0.1, 0.15) is 0 Å². The van der Waals surface area contributed by atoms with E-state index in [1.165, 1.54) is 0 Å². The minimum atomic E-state index is -4.67. The Morgan fingerprint density at radius 1 is 1.40 bits per heavy atom. The van der Waals surface area contributed by atoms with E-state index in [9.17, 15) is 0 Å². The van der Waals surface area contributed by atoms with E-state index in [1.54, 1.807) is 12.4 Å². The van der Waals surface area contributed by atoms with Gasteiger partial charge in [0.25, 0.3) is 0 Å². The minimum absolute atomic E-state index is 1.69. The van der Waals surface area contributed by atoms with Crippen molar-refractivity contribution in [1.82, 2.24) is 10.2 Å². The molecule has 0 saturated heterocycles. The van der Waals surface area contributed by atoms with E-state index < -0.39 is 10.4 Å². The molecule has 1 heterocycles. The van der Waals surface area contributed by atoms with E-state index in [1.807, 2.05) is 6.07 Å². The van der Waals surface area contributed by atoms with Gasteiger partial charge in [0.2, 0.25) is 0 Å². The molecule has 6 nitrogen and oxygen atoms in total. The maximum atomic E-state index is 8.74. The summed E-state index contributed by atoms with van der Waals surface area (Å²) in [4.78, 5) is 0. The van der Waals surface area contributed by atoms with Crippen LogP contribution >= 0.6 is 0 Å². The first-order valence-corrected chi connectivity index (χ1v) is 3.53. The number of nitrogens with one attached hydrogen (secondary N) is 1. The van der Waals surface area contributed by atoms with Crippen LogP contribution in [-0.4, -0.2) is 27.7 Å². The van der Waals surface area contributed by atoms with Crippen molar-refractivity contribution in [3.05, 3.63) is 18.5 Å². The molecule has 58 valence electrons. The third-order valence-electron chi connectivity index (χ3n) is 0.406. The van der Waals surface area contributed by atoms with Crippen molar-refractivity contribution in [3.63, 3.8) is 0 Å². The number of aromatic amines is 1. The average molecular weight is 166 g/mol. The Kier molecular flexibility index (Phi) is 3.62. The summed E-state index contributed by atoms with van der Waals surface area (Å²) >= 11 is 0. The van der Waals surface area contributed by atoms with Crippen molar-refractivity contribution in [2.24, 2.45) is 0 Å². The zero-order valence-electron chi connectivity index (χ0n) is 4.80. The molecule has 0 saturated carbocycles. The number of hydrogen-bond donors (Lipinski definition) is 3. The number of H-pyrrole nitrogens is 1. The van der Waals surface area contributed by atoms with E-state index in [-0.39, 0.29) is 0 Å². The highest BCUT2D eigenvalue weighted by molar-refractivity contribution is 7.79. The van der Waals surface area contributed by atoms with Gasteiger partial charge in [-0.2, -0.15) is 13.5 Å². The van der Waals surface area contributed by atoms with Crippen LogP contribution in [0, 0.1) is 0 Å². The molecule has 0 aromatic carbocycles. The third-order valence-corrected chi connectivity index (χ3v) is 0.406. The first-order valence-electron chi connectivity index (χ1n) is 2.14. The maximum Gasteiger partial charge on any atom is 0.394 e. The van der Waals surface area contributed by atoms with Crippen LogP contribution in [0.15, 0.2) is 18.5 Å². The monoisotopic (exact) mass is 166 g/mol. The maximum absolute atomic E-state index is 8.74. The van der Waals surface area contributed by atoms with Gasteiger partial charge in [0, 0.05) is 12.4 Å². The van der Waals surface area contributed by atoms with E-state index in [0.29, 0.717) is 0 Å². The molecule has 0 radical (unpaired) electrons. The van der Waals surface area contributed by atoms with Crippen LogP contribution in [0.25, 0.3) is 0 Å². The molecular weight excluding hydrogens is 160 g/mol. The standard InChI is InChI=1S/C3H4N2.H2O4S/c1-2-4-5-3-1;1-5(2,3)4/h1-3H,(H,4,5);(H2,1,2,3,4). The van der Waals surface area contributed by atoms with Gasteiger partial charge in [0.1, 0.15) is 0 Å². The van der Waals surface area contributed by atoms with Crippen molar-refractivity contribution < 1.29 is 17.5 Å². The molecule has 0 amide bonds. The smallest absolute Gasteiger partial charge is 0.286 e. The van der Waals surface area contributed by atoms with Gasteiger partial charge in [0.05, 0.1) is 0 Å². The van der Waals surface area contributed by atoms with Crippen molar-refractivity contribution in [2.75, 3.05) is 0 Å². The number of nitrogens with zero attached hydrogens (tertiary/aromatic N) is 1. The Labute approximate surface area is 57.5 Å². The highest BCUT2D eigenvalue weighted by atomic mass is 32.3. The average Bonchev–Trinajstić information content (AvgIpc) is 2.07. The summed E-state index contributed by atoms with van der Waals surface area (Å²) < 4.78 is 31.6. The van der Waals surface area contributed by atoms with E-state index in [0.717, 1.165) is 0 Å². The summed E-state index contributed by atoms with van der Waals surface area (Å²) in [5, 5.41) is 6.21. The third kappa shape index (κ3) is 15.7. The molecule has 0 aliphatic rings. The molecule has 0 aliphatic heterocycles. The molecule has 0 aliphatic carbocycles. The van der Waals surface area contributed by atoms with Crippen LogP contribution in [0.3, 0.4) is 0 Å². The van der Waals surface area contributed by atoms with Crippen molar-refractivity contribution in [3.8, 4) is 0 Å². The minimum Gasteiger partial charge on any atom is -0.286 e. The highest BCUT2D eigenvalue weighted by Gasteiger charge is 1.84. The topological polar surface area (TPSA) is 103 Å². The molecule has 1 aromatic heterocycles. The number of aromatic nitrogens is 2. The summed E-state index contributed by atoms with van der Waals surface area (Å²) in [7, 11) is -4.67. The van der Waals surface area contributed by atoms with E-state index in [4.69, 9.17) is 17.5 Å². The Hall–Kier alpha value is -0.920. The van der Waals surface area contributed by atoms with Crippen molar-refractivity contribution in [1.29, 1.82) is 0 Å². The van der Waals surface area contributed by atoms with Crippen LogP contribution in [0.5, 0.6) is 0 Å². The lowest BCUT2D eigenvalue weighted by molar-refractivity contribution is 0.381. The van der Waals surface area contributed by atoms with Crippen LogP contribution in [-0.2, 0) is 10.4 Å². The molecule has 1 aromatic rings. The van der Waals surface area contributed by atoms with Gasteiger partial charge in [-0.25, -0.2) is 0 Å². The summed E-state index contributed by atoms with van der Waals surface area (Å²) in [5.74, 6) is 0. The Bertz CT molecular complexity index is 214. The van der Waals surface area contributed by atoms with E-state index >= 15 is 0 Å². The summed E-state index contributed by atoms with van der Waals surface area (Å²) in [6.45, 7) is 0. The Morgan fingerprint density at radius 2 is 1.90 bits per heavy atom. The fourth-order valence-electron chi connectivity index (χ4n) is 0.215. The summed E-state index contributed by atoms with van der Waals surface area (Å²) in [6.07, 6.45) is 3.46. The van der Waals surface area contributed by atoms with Gasteiger partial charge in [0.15, 0.2) is 0 Å². The van der Waals surface area contributed by atoms with Gasteiger partial charge >= 0.3 is 10.4 Å². The van der Waals surface area contributed by atoms with Crippen molar-refractivity contribution >= 4 is 10.4 Å². The Balaban J connectivity index is 0.000000162. The molecular formula is C3H6N2O4S. The van der Waals surface area contributed by atoms with Gasteiger partial charge in [-0.15, -0.1) is 0 Å². The molecule has 0 bridgehead atoms. The van der Waals surface area contributed by atoms with Crippen LogP contribution in [0.4, 0.5) is 0 Å². The molecule has 10 heavy (non-hydrogen) atoms. The normalized spacial score (nSPS) is 9.80. The molecule has 0 atom stereocenters. The number of rotatable bonds is 0. The largest absolute Gasteiger partial charge is 0.394 e. The fourth-order valence-corrected chi connectivity index (χ4v) is 0.215. The van der Waals surface area contributed by atoms with Gasteiger partial charge in [-0.1, -0.05) is 0 Å². The van der Waals surface area contributed by atoms with E-state index in [2.05, 4.69) is 10.2 Å². The summed E-state index contributed by atoms with van der Waals surface area (Å²) in [5.41, 5.74) is 0. The quantitative estimate of drug-likeness (QED) is 0.461. The molecule has 7 heteroatoms. The first-order chi connectivity index (χ1) is 4.50. The molecule has 3 N–H and O–H groups in total. The second-order valence-corrected chi connectivity index (χ2v) is 2.11. The molecule has 0 unspecified atom stereocenters. The lowest BCUT2D eigenvalue weighted by Gasteiger charge is -1.68. The molecule has 0 spiro atoms. The second kappa shape index (κ2) is 3.99. The molecule has 0 fully saturated rings. The number of hydrogen-bond acceptors (Lipinski definition) is 3. The zero-order chi connectivity index (χ0) is 8.04. The first kappa shape index (κ1) is 9.08. The second-order valence-electron chi connectivity index (χ2n) is 1.21.